The number of hydrogen-bond donors (Lipinski definition) is 2. The maximum absolute atomic E-state index is 12.7. The summed E-state index contributed by atoms with van der Waals surface area (Å²) < 4.78 is 39.6. The highest BCUT2D eigenvalue weighted by Crippen LogP contribution is 2.29. The smallest absolute Gasteiger partial charge is 0.257 e. The average Bonchev–Trinajstić information content (AvgIpc) is 3.42. The van der Waals surface area contributed by atoms with Gasteiger partial charge in [0.15, 0.2) is 5.13 Å². The highest BCUT2D eigenvalue weighted by atomic mass is 32.2. The number of carbonyl (C=O) groups is 1. The lowest BCUT2D eigenvalue weighted by atomic mass is 10.2. The van der Waals surface area contributed by atoms with Gasteiger partial charge >= 0.3 is 0 Å². The Morgan fingerprint density at radius 2 is 2.16 bits per heavy atom. The molecule has 8 nitrogen and oxygen atoms in total. The van der Waals surface area contributed by atoms with Gasteiger partial charge in [-0.3, -0.25) is 10.1 Å². The lowest BCUT2D eigenvalue weighted by Gasteiger charge is -2.12. The number of nitrogens with one attached hydrogen (secondary N) is 2. The molecule has 2 heterocycles. The van der Waals surface area contributed by atoms with Crippen molar-refractivity contribution < 1.29 is 22.7 Å². The van der Waals surface area contributed by atoms with Crippen molar-refractivity contribution in [2.24, 2.45) is 0 Å². The Bertz CT molecular complexity index is 1190. The van der Waals surface area contributed by atoms with Crippen LogP contribution >= 0.6 is 11.3 Å². The van der Waals surface area contributed by atoms with E-state index in [1.54, 1.807) is 12.1 Å². The summed E-state index contributed by atoms with van der Waals surface area (Å²) in [6.45, 7) is 3.35. The monoisotopic (exact) mass is 461 g/mol. The molecule has 10 heteroatoms. The molecule has 3 aromatic rings. The predicted octanol–water partition coefficient (Wildman–Crippen LogP) is 3.40. The first-order valence-electron chi connectivity index (χ1n) is 10.0. The van der Waals surface area contributed by atoms with Crippen molar-refractivity contribution in [3.8, 4) is 5.75 Å². The number of hydrogen-bond acceptors (Lipinski definition) is 7. The molecule has 0 bridgehead atoms. The van der Waals surface area contributed by atoms with E-state index >= 15 is 0 Å². The maximum atomic E-state index is 12.7. The van der Waals surface area contributed by atoms with Crippen LogP contribution in [0.4, 0.5) is 5.13 Å². The van der Waals surface area contributed by atoms with Gasteiger partial charge in [0.25, 0.3) is 5.91 Å². The van der Waals surface area contributed by atoms with E-state index in [1.165, 1.54) is 23.5 Å². The van der Waals surface area contributed by atoms with E-state index < -0.39 is 15.9 Å². The van der Waals surface area contributed by atoms with Crippen LogP contribution in [0.2, 0.25) is 0 Å². The van der Waals surface area contributed by atoms with Gasteiger partial charge < -0.3 is 9.47 Å². The quantitative estimate of drug-likeness (QED) is 0.532. The highest BCUT2D eigenvalue weighted by Gasteiger charge is 2.21. The van der Waals surface area contributed by atoms with Crippen LogP contribution in [0.1, 0.15) is 30.1 Å². The lowest BCUT2D eigenvalue weighted by molar-refractivity contribution is 0.102. The molecule has 1 aliphatic heterocycles. The van der Waals surface area contributed by atoms with E-state index in [0.717, 1.165) is 28.8 Å². The average molecular weight is 462 g/mol. The van der Waals surface area contributed by atoms with Crippen LogP contribution in [0.3, 0.4) is 0 Å². The topological polar surface area (TPSA) is 107 Å². The molecule has 1 unspecified atom stereocenters. The van der Waals surface area contributed by atoms with Crippen LogP contribution in [-0.4, -0.2) is 45.2 Å². The van der Waals surface area contributed by atoms with E-state index in [0.29, 0.717) is 18.3 Å². The number of carbonyl (C=O) groups excluding carboxylic acids is 1. The molecule has 0 saturated carbocycles. The fourth-order valence-corrected chi connectivity index (χ4v) is 5.28. The zero-order valence-corrected chi connectivity index (χ0v) is 18.6. The summed E-state index contributed by atoms with van der Waals surface area (Å²) in [4.78, 5) is 17.1. The minimum absolute atomic E-state index is 0.0313. The predicted molar refractivity (Wildman–Crippen MR) is 119 cm³/mol. The molecule has 0 radical (unpaired) electrons. The molecule has 1 aliphatic rings. The highest BCUT2D eigenvalue weighted by molar-refractivity contribution is 7.89. The molecule has 4 rings (SSSR count). The van der Waals surface area contributed by atoms with Gasteiger partial charge in [0.05, 0.1) is 27.8 Å². The summed E-state index contributed by atoms with van der Waals surface area (Å²) in [7, 11) is -3.74. The Morgan fingerprint density at radius 3 is 2.94 bits per heavy atom. The van der Waals surface area contributed by atoms with Gasteiger partial charge in [-0.1, -0.05) is 17.4 Å². The van der Waals surface area contributed by atoms with Crippen LogP contribution in [0, 0.1) is 0 Å². The van der Waals surface area contributed by atoms with Crippen molar-refractivity contribution in [3.05, 3.63) is 48.0 Å². The largest absolute Gasteiger partial charge is 0.494 e. The van der Waals surface area contributed by atoms with Gasteiger partial charge in [-0.15, -0.1) is 0 Å². The van der Waals surface area contributed by atoms with Crippen molar-refractivity contribution in [1.82, 2.24) is 9.71 Å². The molecule has 1 amide bonds. The maximum Gasteiger partial charge on any atom is 0.257 e. The molecular weight excluding hydrogens is 438 g/mol. The molecular formula is C21H23N3O5S2. The first-order valence-corrected chi connectivity index (χ1v) is 12.3. The van der Waals surface area contributed by atoms with Crippen LogP contribution in [-0.2, 0) is 14.8 Å². The number of nitrogens with zero attached hydrogens (tertiary/aromatic N) is 1. The zero-order chi connectivity index (χ0) is 21.8. The van der Waals surface area contributed by atoms with Crippen LogP contribution < -0.4 is 14.8 Å². The molecule has 31 heavy (non-hydrogen) atoms. The first-order chi connectivity index (χ1) is 14.9. The number of rotatable bonds is 8. The van der Waals surface area contributed by atoms with E-state index in [9.17, 15) is 13.2 Å². The molecule has 1 aromatic heterocycles. The third kappa shape index (κ3) is 5.21. The van der Waals surface area contributed by atoms with Gasteiger partial charge in [0.2, 0.25) is 10.0 Å². The summed E-state index contributed by atoms with van der Waals surface area (Å²) in [6.07, 6.45) is 1.66. The number of benzene rings is 2. The van der Waals surface area contributed by atoms with Gasteiger partial charge in [0, 0.05) is 18.7 Å². The van der Waals surface area contributed by atoms with Crippen LogP contribution in [0.5, 0.6) is 5.75 Å². The standard InChI is InChI=1S/C21H23N3O5S2/c1-2-28-15-8-9-18-19(12-15)30-21(23-18)24-20(25)14-5-3-7-17(11-14)31(26,27)22-13-16-6-4-10-29-16/h3,5,7-9,11-12,16,22H,2,4,6,10,13H2,1H3,(H,23,24,25). The van der Waals surface area contributed by atoms with E-state index in [1.807, 2.05) is 25.1 Å². The second-order valence-electron chi connectivity index (χ2n) is 7.05. The summed E-state index contributed by atoms with van der Waals surface area (Å²) in [6, 6.07) is 11.5. The third-order valence-corrected chi connectivity index (χ3v) is 7.18. The third-order valence-electron chi connectivity index (χ3n) is 4.82. The Balaban J connectivity index is 1.47. The zero-order valence-electron chi connectivity index (χ0n) is 17.0. The number of aromatic nitrogens is 1. The molecule has 2 aromatic carbocycles. The lowest BCUT2D eigenvalue weighted by Crippen LogP contribution is -2.32. The van der Waals surface area contributed by atoms with Gasteiger partial charge in [0.1, 0.15) is 5.75 Å². The van der Waals surface area contributed by atoms with E-state index in [2.05, 4.69) is 15.0 Å². The van der Waals surface area contributed by atoms with Gasteiger partial charge in [-0.2, -0.15) is 0 Å². The Kier molecular flexibility index (Phi) is 6.51. The fourth-order valence-electron chi connectivity index (χ4n) is 3.28. The van der Waals surface area contributed by atoms with Gasteiger partial charge in [-0.05, 0) is 56.2 Å². The van der Waals surface area contributed by atoms with Crippen molar-refractivity contribution >= 4 is 42.6 Å². The van der Waals surface area contributed by atoms with Crippen LogP contribution in [0.15, 0.2) is 47.4 Å². The summed E-state index contributed by atoms with van der Waals surface area (Å²) in [5.74, 6) is 0.310. The molecule has 2 N–H and O–H groups in total. The van der Waals surface area contributed by atoms with Crippen molar-refractivity contribution in [2.75, 3.05) is 25.1 Å². The summed E-state index contributed by atoms with van der Waals surface area (Å²) >= 11 is 1.32. The molecule has 1 saturated heterocycles. The summed E-state index contributed by atoms with van der Waals surface area (Å²) in [5.41, 5.74) is 0.979. The summed E-state index contributed by atoms with van der Waals surface area (Å²) in [5, 5.41) is 3.18. The minimum Gasteiger partial charge on any atom is -0.494 e. The molecule has 164 valence electrons. The first kappa shape index (κ1) is 21.7. The number of ether oxygens (including phenoxy) is 2. The van der Waals surface area contributed by atoms with Crippen LogP contribution in [0.25, 0.3) is 10.2 Å². The fraction of sp³-hybridized carbons (Fsp3) is 0.333. The Labute approximate surface area is 184 Å². The second-order valence-corrected chi connectivity index (χ2v) is 9.85. The molecule has 1 atom stereocenters. The second kappa shape index (κ2) is 9.31. The van der Waals surface area contributed by atoms with Crippen molar-refractivity contribution in [3.63, 3.8) is 0 Å². The Hall–Kier alpha value is -2.53. The van der Waals surface area contributed by atoms with E-state index in [-0.39, 0.29) is 23.1 Å². The number of fused-ring (bicyclic) bond motifs is 1. The number of sulfonamides is 1. The number of anilines is 1. The van der Waals surface area contributed by atoms with Crippen molar-refractivity contribution in [1.29, 1.82) is 0 Å². The molecule has 0 aliphatic carbocycles. The number of amides is 1. The number of thiazole rings is 1. The molecule has 0 spiro atoms. The SMILES string of the molecule is CCOc1ccc2nc(NC(=O)c3cccc(S(=O)(=O)NCC4CCCO4)c3)sc2c1. The van der Waals surface area contributed by atoms with E-state index in [4.69, 9.17) is 9.47 Å². The normalized spacial score (nSPS) is 16.5. The Morgan fingerprint density at radius 1 is 1.29 bits per heavy atom. The van der Waals surface area contributed by atoms with Crippen molar-refractivity contribution in [2.45, 2.75) is 30.8 Å². The molecule has 1 fully saturated rings. The van der Waals surface area contributed by atoms with Gasteiger partial charge in [-0.25, -0.2) is 18.1 Å². The minimum atomic E-state index is -3.74.